The third-order valence-corrected chi connectivity index (χ3v) is 19.8. The minimum Gasteiger partial charge on any atom is -0.496 e. The molecule has 4 saturated carbocycles. The molecule has 4 fully saturated rings. The zero-order valence-electron chi connectivity index (χ0n) is 45.5. The fourth-order valence-electron chi connectivity index (χ4n) is 14.9. The first-order chi connectivity index (χ1) is 36.8. The highest BCUT2D eigenvalue weighted by molar-refractivity contribution is 8.03. The number of ether oxygens (including phenoxy) is 2. The summed E-state index contributed by atoms with van der Waals surface area (Å²) in [5, 5.41) is 33.6. The lowest BCUT2D eigenvalue weighted by molar-refractivity contribution is -0.00614. The molecule has 390 valence electrons. The summed E-state index contributed by atoms with van der Waals surface area (Å²) >= 11 is 14.7. The van der Waals surface area contributed by atoms with Crippen LogP contribution in [0.15, 0.2) is 159 Å². The molecule has 0 spiro atoms. The smallest absolute Gasteiger partial charge is 0.172 e. The molecule has 5 aromatic carbocycles. The van der Waals surface area contributed by atoms with Crippen molar-refractivity contribution in [1.82, 2.24) is 0 Å². The SMILES string of the molecule is COc1ccc(N2c3cc(C)c(/C=C/C4=C(Sc5ccc6ccccc6c5)C(=C/C=C/C5=C(C#N)C(=C(C#N)C#N)OC5(C)c5ccc(Cl)c(Cl)c5)/CC(C)(C)C4)cc3C(C)CC2(C)C)cc1C12CC3CC(CC(C3)C1)C2. The molecule has 2 unspecified atom stereocenters. The second-order valence-corrected chi connectivity index (χ2v) is 26.5. The molecular formula is C68H66Cl2N4O2S. The summed E-state index contributed by atoms with van der Waals surface area (Å²) in [6, 6.07) is 38.5. The molecule has 12 rings (SSSR count). The number of nitriles is 3. The number of nitrogens with zero attached hydrogens (tertiary/aromatic N) is 4. The predicted octanol–water partition coefficient (Wildman–Crippen LogP) is 18.8. The first-order valence-corrected chi connectivity index (χ1v) is 28.8. The Kier molecular flexibility index (Phi) is 13.8. The lowest BCUT2D eigenvalue weighted by atomic mass is 9.48. The van der Waals surface area contributed by atoms with Crippen molar-refractivity contribution in [3.8, 4) is 24.0 Å². The van der Waals surface area contributed by atoms with Crippen molar-refractivity contribution in [2.45, 2.75) is 134 Å². The molecule has 2 atom stereocenters. The van der Waals surface area contributed by atoms with Gasteiger partial charge in [0.15, 0.2) is 16.9 Å². The van der Waals surface area contributed by atoms with Crippen molar-refractivity contribution in [1.29, 1.82) is 15.8 Å². The molecular weight excluding hydrogens is 1010 g/mol. The van der Waals surface area contributed by atoms with Crippen LogP contribution in [0.5, 0.6) is 5.75 Å². The van der Waals surface area contributed by atoms with Gasteiger partial charge in [-0.05, 0) is 213 Å². The van der Waals surface area contributed by atoms with E-state index in [9.17, 15) is 15.8 Å². The van der Waals surface area contributed by atoms with Crippen LogP contribution in [0.2, 0.25) is 10.0 Å². The molecule has 2 aliphatic heterocycles. The molecule has 4 bridgehead atoms. The van der Waals surface area contributed by atoms with Gasteiger partial charge in [0.1, 0.15) is 29.5 Å². The van der Waals surface area contributed by atoms with Gasteiger partial charge in [-0.2, -0.15) is 15.8 Å². The van der Waals surface area contributed by atoms with Crippen molar-refractivity contribution in [2.24, 2.45) is 23.2 Å². The summed E-state index contributed by atoms with van der Waals surface area (Å²) in [6.07, 6.45) is 21.5. The van der Waals surface area contributed by atoms with Crippen LogP contribution in [0.3, 0.4) is 0 Å². The number of halogens is 2. The highest BCUT2D eigenvalue weighted by Gasteiger charge is 2.53. The van der Waals surface area contributed by atoms with Crippen LogP contribution in [0.1, 0.15) is 133 Å². The highest BCUT2D eigenvalue weighted by Crippen LogP contribution is 2.63. The molecule has 0 aromatic heterocycles. The van der Waals surface area contributed by atoms with Gasteiger partial charge < -0.3 is 14.4 Å². The number of benzene rings is 5. The minimum atomic E-state index is -1.26. The first-order valence-electron chi connectivity index (χ1n) is 27.3. The number of hydrogen-bond donors (Lipinski definition) is 0. The van der Waals surface area contributed by atoms with Gasteiger partial charge in [-0.25, -0.2) is 0 Å². The molecule has 5 aliphatic carbocycles. The van der Waals surface area contributed by atoms with E-state index in [1.54, 1.807) is 30.0 Å². The molecule has 6 nitrogen and oxygen atoms in total. The van der Waals surface area contributed by atoms with Crippen LogP contribution < -0.4 is 9.64 Å². The molecule has 0 N–H and O–H groups in total. The third-order valence-electron chi connectivity index (χ3n) is 17.9. The van der Waals surface area contributed by atoms with Crippen LogP contribution in [0.4, 0.5) is 11.4 Å². The number of thioether (sulfide) groups is 1. The van der Waals surface area contributed by atoms with Crippen molar-refractivity contribution in [3.05, 3.63) is 192 Å². The standard InChI is InChI=1S/C68H66Cl2N4O2S/c1-41-24-61-55(42(2)32-66(5,6)74(61)53-20-23-62(75-8)58(31-53)68-33-43-25-44(34-68)27-45(26-43)35-68)29-47(41)16-17-50-37-65(3,4)36-49(64(50)77-54-21-18-46-12-9-10-13-48(46)28-54)14-11-15-57-56(40-73)63(51(38-71)39-72)76-67(57,7)52-19-22-59(69)60(70)30-52/h9-24,28-31,42-45H,25-27,32-37H2,1-8H3/b15-11+,17-16+,49-14+. The van der Waals surface area contributed by atoms with Crippen molar-refractivity contribution < 1.29 is 9.47 Å². The number of rotatable bonds is 10. The fraction of sp³-hybridized carbons (Fsp3) is 0.368. The highest BCUT2D eigenvalue weighted by atomic mass is 35.5. The lowest BCUT2D eigenvalue weighted by Crippen LogP contribution is -2.49. The quantitative estimate of drug-likeness (QED) is 0.129. The van der Waals surface area contributed by atoms with Gasteiger partial charge in [-0.3, -0.25) is 0 Å². The van der Waals surface area contributed by atoms with Gasteiger partial charge in [0, 0.05) is 43.4 Å². The van der Waals surface area contributed by atoms with Crippen LogP contribution >= 0.6 is 35.0 Å². The van der Waals surface area contributed by atoms with E-state index in [4.69, 9.17) is 32.7 Å². The van der Waals surface area contributed by atoms with E-state index in [2.05, 4.69) is 144 Å². The van der Waals surface area contributed by atoms with E-state index in [1.165, 1.54) is 93.4 Å². The Morgan fingerprint density at radius 1 is 0.779 bits per heavy atom. The first kappa shape index (κ1) is 52.6. The van der Waals surface area contributed by atoms with Gasteiger partial charge in [0.2, 0.25) is 0 Å². The predicted molar refractivity (Wildman–Crippen MR) is 315 cm³/mol. The summed E-state index contributed by atoms with van der Waals surface area (Å²) in [4.78, 5) is 4.98. The van der Waals surface area contributed by atoms with E-state index in [1.807, 2.05) is 38.3 Å². The fourth-order valence-corrected chi connectivity index (χ4v) is 16.3. The molecule has 9 heteroatoms. The largest absolute Gasteiger partial charge is 0.496 e. The summed E-state index contributed by atoms with van der Waals surface area (Å²) in [5.41, 5.74) is 9.96. The number of hydrogen-bond acceptors (Lipinski definition) is 7. The monoisotopic (exact) mass is 1070 g/mol. The molecule has 0 amide bonds. The maximum atomic E-state index is 10.6. The summed E-state index contributed by atoms with van der Waals surface area (Å²) < 4.78 is 12.7. The lowest BCUT2D eigenvalue weighted by Gasteiger charge is -2.57. The molecule has 5 aromatic rings. The maximum absolute atomic E-state index is 10.6. The van der Waals surface area contributed by atoms with Crippen molar-refractivity contribution >= 4 is 63.2 Å². The van der Waals surface area contributed by atoms with E-state index < -0.39 is 5.60 Å². The Morgan fingerprint density at radius 3 is 2.17 bits per heavy atom. The zero-order valence-corrected chi connectivity index (χ0v) is 47.8. The van der Waals surface area contributed by atoms with Crippen LogP contribution in [0, 0.1) is 64.1 Å². The van der Waals surface area contributed by atoms with Crippen LogP contribution in [-0.2, 0) is 15.8 Å². The Balaban J connectivity index is 0.998. The Bertz CT molecular complexity index is 3560. The molecule has 7 aliphatic rings. The van der Waals surface area contributed by atoms with E-state index in [-0.39, 0.29) is 33.3 Å². The van der Waals surface area contributed by atoms with Crippen LogP contribution in [0.25, 0.3) is 16.8 Å². The molecule has 77 heavy (non-hydrogen) atoms. The number of allylic oxidation sites excluding steroid dienone is 7. The maximum Gasteiger partial charge on any atom is 0.172 e. The summed E-state index contributed by atoms with van der Waals surface area (Å²) in [7, 11) is 1.86. The number of anilines is 2. The van der Waals surface area contributed by atoms with Crippen LogP contribution in [-0.4, -0.2) is 12.6 Å². The number of fused-ring (bicyclic) bond motifs is 2. The van der Waals surface area contributed by atoms with Gasteiger partial charge in [0.05, 0.1) is 17.2 Å². The topological polar surface area (TPSA) is 93.1 Å². The average Bonchev–Trinajstić information content (AvgIpc) is 3.68. The Labute approximate surface area is 470 Å². The molecule has 2 heterocycles. The van der Waals surface area contributed by atoms with Crippen molar-refractivity contribution in [2.75, 3.05) is 12.0 Å². The zero-order chi connectivity index (χ0) is 54.2. The summed E-state index contributed by atoms with van der Waals surface area (Å²) in [5.74, 6) is 3.89. The molecule has 0 saturated heterocycles. The second kappa shape index (κ2) is 20.1. The Morgan fingerprint density at radius 2 is 1.49 bits per heavy atom. The van der Waals surface area contributed by atoms with E-state index in [0.29, 0.717) is 27.1 Å². The van der Waals surface area contributed by atoms with E-state index in [0.717, 1.165) is 53.2 Å². The second-order valence-electron chi connectivity index (χ2n) is 24.6. The summed E-state index contributed by atoms with van der Waals surface area (Å²) in [6.45, 7) is 16.0. The van der Waals surface area contributed by atoms with E-state index >= 15 is 0 Å². The third kappa shape index (κ3) is 9.64. The minimum absolute atomic E-state index is 0.0531. The van der Waals surface area contributed by atoms with Gasteiger partial charge in [0.25, 0.3) is 0 Å². The molecule has 0 radical (unpaired) electrons. The average molecular weight is 1070 g/mol. The van der Waals surface area contributed by atoms with Gasteiger partial charge in [-0.15, -0.1) is 0 Å². The number of methoxy groups -OCH3 is 1. The Hall–Kier alpha value is -6.40. The van der Waals surface area contributed by atoms with Crippen molar-refractivity contribution in [3.63, 3.8) is 0 Å². The normalized spacial score (nSPS) is 26.6. The van der Waals surface area contributed by atoms with Gasteiger partial charge >= 0.3 is 0 Å². The number of aryl methyl sites for hydroxylation is 1. The van der Waals surface area contributed by atoms with Gasteiger partial charge in [-0.1, -0.05) is 123 Å².